The summed E-state index contributed by atoms with van der Waals surface area (Å²) in [6.45, 7) is 5.86. The summed E-state index contributed by atoms with van der Waals surface area (Å²) in [5.41, 5.74) is 1.01. The maximum Gasteiger partial charge on any atom is 0.281 e. The number of fused-ring (bicyclic) bond motifs is 2. The Morgan fingerprint density at radius 1 is 1.32 bits per heavy atom. The Hall–Kier alpha value is -1.86. The lowest BCUT2D eigenvalue weighted by Gasteiger charge is -2.24. The summed E-state index contributed by atoms with van der Waals surface area (Å²) in [7, 11) is 0. The van der Waals surface area contributed by atoms with E-state index in [1.807, 2.05) is 13.2 Å². The van der Waals surface area contributed by atoms with Crippen molar-refractivity contribution in [3.8, 4) is 0 Å². The maximum absolute atomic E-state index is 13.3. The van der Waals surface area contributed by atoms with Gasteiger partial charge < -0.3 is 0 Å². The number of carbonyl (C=O) groups is 2. The number of Topliss-reactive ketones (excluding diaryl/α,β-unsaturated/α-hetero) is 2. The summed E-state index contributed by atoms with van der Waals surface area (Å²) in [6, 6.07) is 4.59. The molecule has 0 radical (unpaired) electrons. The number of allylic oxidation sites excluding steroid dienone is 3. The van der Waals surface area contributed by atoms with E-state index in [1.165, 1.54) is 23.9 Å². The van der Waals surface area contributed by atoms with E-state index in [-0.39, 0.29) is 34.4 Å². The Morgan fingerprint density at radius 3 is 2.68 bits per heavy atom. The third-order valence-corrected chi connectivity index (χ3v) is 7.31. The van der Waals surface area contributed by atoms with Crippen LogP contribution in [0.2, 0.25) is 0 Å². The number of thioether (sulfide) groups is 2. The zero-order valence-corrected chi connectivity index (χ0v) is 17.7. The van der Waals surface area contributed by atoms with Gasteiger partial charge in [0.1, 0.15) is 5.56 Å². The number of ketones is 2. The fourth-order valence-electron chi connectivity index (χ4n) is 3.85. The summed E-state index contributed by atoms with van der Waals surface area (Å²) < 4.78 is 0. The Balaban J connectivity index is 2.04. The molecule has 1 fully saturated rings. The first-order valence-corrected chi connectivity index (χ1v) is 11.5. The normalized spacial score (nSPS) is 21.1. The molecule has 0 aliphatic heterocycles. The van der Waals surface area contributed by atoms with E-state index in [2.05, 4.69) is 6.58 Å². The van der Waals surface area contributed by atoms with E-state index in [1.54, 1.807) is 17.8 Å². The van der Waals surface area contributed by atoms with Crippen LogP contribution in [-0.2, 0) is 4.79 Å². The van der Waals surface area contributed by atoms with E-state index in [0.717, 1.165) is 41.9 Å². The molecule has 1 aromatic carbocycles. The molecular formula is C21H23NO4S2. The molecule has 0 amide bonds. The lowest BCUT2D eigenvalue weighted by atomic mass is 9.84. The quantitative estimate of drug-likeness (QED) is 0.140. The second-order valence-electron chi connectivity index (χ2n) is 7.34. The number of nitrogens with zero attached hydrogens (tertiary/aromatic N) is 1. The largest absolute Gasteiger partial charge is 0.294 e. The lowest BCUT2D eigenvalue weighted by Crippen LogP contribution is -2.27. The number of rotatable bonds is 8. The highest BCUT2D eigenvalue weighted by Gasteiger charge is 2.44. The first-order valence-electron chi connectivity index (χ1n) is 9.26. The van der Waals surface area contributed by atoms with Gasteiger partial charge >= 0.3 is 0 Å². The Kier molecular flexibility index (Phi) is 6.45. The van der Waals surface area contributed by atoms with Gasteiger partial charge in [-0.2, -0.15) is 0 Å². The number of carbonyl (C=O) groups excluding carboxylic acids is 2. The maximum atomic E-state index is 13.3. The van der Waals surface area contributed by atoms with Crippen molar-refractivity contribution in [2.45, 2.75) is 37.5 Å². The minimum atomic E-state index is -0.538. The van der Waals surface area contributed by atoms with Crippen LogP contribution in [0.15, 0.2) is 45.7 Å². The van der Waals surface area contributed by atoms with Crippen LogP contribution in [0.4, 0.5) is 5.69 Å². The van der Waals surface area contributed by atoms with Gasteiger partial charge in [-0.3, -0.25) is 19.7 Å². The summed E-state index contributed by atoms with van der Waals surface area (Å²) in [6.07, 6.45) is 5.11. The van der Waals surface area contributed by atoms with Crippen LogP contribution in [-0.4, -0.2) is 28.5 Å². The molecule has 1 saturated carbocycles. The number of hydrogen-bond acceptors (Lipinski definition) is 6. The van der Waals surface area contributed by atoms with Gasteiger partial charge in [-0.1, -0.05) is 5.57 Å². The molecule has 148 valence electrons. The monoisotopic (exact) mass is 417 g/mol. The summed E-state index contributed by atoms with van der Waals surface area (Å²) in [5.74, 6) is 0.197. The van der Waals surface area contributed by atoms with Crippen LogP contribution in [0.3, 0.4) is 0 Å². The van der Waals surface area contributed by atoms with Crippen LogP contribution in [0.5, 0.6) is 0 Å². The van der Waals surface area contributed by atoms with Crippen molar-refractivity contribution in [2.75, 3.05) is 12.0 Å². The summed E-state index contributed by atoms with van der Waals surface area (Å²) in [5, 5.41) is 11.6. The first-order chi connectivity index (χ1) is 13.3. The average Bonchev–Trinajstić information content (AvgIpc) is 3.11. The van der Waals surface area contributed by atoms with Crippen molar-refractivity contribution in [3.63, 3.8) is 0 Å². The molecule has 2 unspecified atom stereocenters. The number of benzene rings is 1. The predicted octanol–water partition coefficient (Wildman–Crippen LogP) is 5.45. The summed E-state index contributed by atoms with van der Waals surface area (Å²) in [4.78, 5) is 38.9. The second-order valence-corrected chi connectivity index (χ2v) is 9.35. The number of nitro benzene ring substituents is 1. The molecule has 0 aromatic heterocycles. The SMILES string of the molecule is C=C(C)CCSC1=C(C(=O)c2ccc(SC)cc2[N+](=O)[O-])C(=O)C2CCC1C2. The van der Waals surface area contributed by atoms with Crippen molar-refractivity contribution in [2.24, 2.45) is 11.8 Å². The lowest BCUT2D eigenvalue weighted by molar-refractivity contribution is -0.385. The molecule has 28 heavy (non-hydrogen) atoms. The van der Waals surface area contributed by atoms with Gasteiger partial charge in [0.2, 0.25) is 5.78 Å². The van der Waals surface area contributed by atoms with Crippen molar-refractivity contribution in [1.29, 1.82) is 0 Å². The van der Waals surface area contributed by atoms with Gasteiger partial charge in [-0.25, -0.2) is 0 Å². The van der Waals surface area contributed by atoms with Crippen molar-refractivity contribution in [1.82, 2.24) is 0 Å². The van der Waals surface area contributed by atoms with E-state index < -0.39 is 10.7 Å². The van der Waals surface area contributed by atoms with E-state index in [4.69, 9.17) is 0 Å². The minimum absolute atomic E-state index is 0.00505. The predicted molar refractivity (Wildman–Crippen MR) is 114 cm³/mol. The van der Waals surface area contributed by atoms with Gasteiger partial charge in [0, 0.05) is 27.5 Å². The van der Waals surface area contributed by atoms with E-state index in [0.29, 0.717) is 4.90 Å². The van der Waals surface area contributed by atoms with Gasteiger partial charge in [0.15, 0.2) is 5.78 Å². The molecule has 2 aliphatic rings. The molecule has 1 aromatic rings. The van der Waals surface area contributed by atoms with Crippen molar-refractivity contribution >= 4 is 40.8 Å². The second kappa shape index (κ2) is 8.66. The summed E-state index contributed by atoms with van der Waals surface area (Å²) >= 11 is 2.92. The van der Waals surface area contributed by atoms with Crippen LogP contribution >= 0.6 is 23.5 Å². The minimum Gasteiger partial charge on any atom is -0.294 e. The molecule has 3 rings (SSSR count). The smallest absolute Gasteiger partial charge is 0.281 e. The van der Waals surface area contributed by atoms with Gasteiger partial charge in [-0.05, 0) is 56.9 Å². The Bertz CT molecular complexity index is 890. The molecule has 0 spiro atoms. The Morgan fingerprint density at radius 2 is 2.04 bits per heavy atom. The zero-order chi connectivity index (χ0) is 20.4. The molecule has 0 saturated heterocycles. The molecule has 0 N–H and O–H groups in total. The molecule has 5 nitrogen and oxygen atoms in total. The van der Waals surface area contributed by atoms with Gasteiger partial charge in [0.25, 0.3) is 5.69 Å². The Labute approximate surface area is 173 Å². The number of nitro groups is 1. The number of hydrogen-bond donors (Lipinski definition) is 0. The third kappa shape index (κ3) is 4.10. The highest BCUT2D eigenvalue weighted by Crippen LogP contribution is 2.48. The van der Waals surface area contributed by atoms with Crippen LogP contribution in [0.25, 0.3) is 0 Å². The third-order valence-electron chi connectivity index (χ3n) is 5.33. The van der Waals surface area contributed by atoms with Crippen LogP contribution in [0.1, 0.15) is 43.0 Å². The average molecular weight is 418 g/mol. The molecule has 7 heteroatoms. The molecule has 2 bridgehead atoms. The van der Waals surface area contributed by atoms with E-state index in [9.17, 15) is 19.7 Å². The molecule has 2 atom stereocenters. The fraction of sp³-hybridized carbons (Fsp3) is 0.429. The molecule has 0 heterocycles. The molecular weight excluding hydrogens is 394 g/mol. The van der Waals surface area contributed by atoms with Crippen molar-refractivity contribution < 1.29 is 14.5 Å². The van der Waals surface area contributed by atoms with Crippen molar-refractivity contribution in [3.05, 3.63) is 56.5 Å². The van der Waals surface area contributed by atoms with E-state index >= 15 is 0 Å². The molecule has 2 aliphatic carbocycles. The van der Waals surface area contributed by atoms with Gasteiger partial charge in [-0.15, -0.1) is 30.1 Å². The highest BCUT2D eigenvalue weighted by molar-refractivity contribution is 8.03. The highest BCUT2D eigenvalue weighted by atomic mass is 32.2. The van der Waals surface area contributed by atoms with Crippen LogP contribution in [0, 0.1) is 22.0 Å². The zero-order valence-electron chi connectivity index (χ0n) is 16.0. The standard InChI is InChI=1S/C21H23NO4S2/c1-12(2)8-9-28-21-14-5-4-13(10-14)19(23)18(21)20(24)16-7-6-15(27-3)11-17(16)22(25)26/h6-7,11,13-14H,1,4-5,8-10H2,2-3H3. The first kappa shape index (κ1) is 20.9. The fourth-order valence-corrected chi connectivity index (χ4v) is 5.74. The van der Waals surface area contributed by atoms with Gasteiger partial charge in [0.05, 0.1) is 10.5 Å². The van der Waals surface area contributed by atoms with Crippen LogP contribution < -0.4 is 0 Å². The topological polar surface area (TPSA) is 77.3 Å².